The van der Waals surface area contributed by atoms with E-state index in [9.17, 15) is 5.11 Å². The third-order valence-corrected chi connectivity index (χ3v) is 3.26. The van der Waals surface area contributed by atoms with Gasteiger partial charge in [0.1, 0.15) is 0 Å². The summed E-state index contributed by atoms with van der Waals surface area (Å²) in [6.45, 7) is 12.8. The number of aliphatic hydroxyl groups excluding tert-OH is 1. The van der Waals surface area contributed by atoms with Crippen LogP contribution in [0.25, 0.3) is 0 Å². The zero-order valence-corrected chi connectivity index (χ0v) is 11.6. The van der Waals surface area contributed by atoms with Crippen LogP contribution in [0, 0.1) is 11.3 Å². The highest BCUT2D eigenvalue weighted by atomic mass is 16.3. The Kier molecular flexibility index (Phi) is 7.74. The molecule has 0 rings (SSSR count). The van der Waals surface area contributed by atoms with E-state index in [0.29, 0.717) is 5.41 Å². The molecular weight excluding hydrogens is 196 g/mol. The fourth-order valence-electron chi connectivity index (χ4n) is 2.02. The van der Waals surface area contributed by atoms with E-state index in [1.54, 1.807) is 6.08 Å². The number of rotatable bonds is 9. The molecule has 0 aliphatic carbocycles. The largest absolute Gasteiger partial charge is 0.389 e. The van der Waals surface area contributed by atoms with Crippen LogP contribution >= 0.6 is 0 Å². The van der Waals surface area contributed by atoms with Gasteiger partial charge in [-0.2, -0.15) is 0 Å². The van der Waals surface area contributed by atoms with E-state index in [4.69, 9.17) is 0 Å². The Balaban J connectivity index is 3.65. The van der Waals surface area contributed by atoms with Gasteiger partial charge in [0.15, 0.2) is 0 Å². The second-order valence-electron chi connectivity index (χ2n) is 6.15. The summed E-state index contributed by atoms with van der Waals surface area (Å²) < 4.78 is 0. The van der Waals surface area contributed by atoms with E-state index in [-0.39, 0.29) is 6.10 Å². The van der Waals surface area contributed by atoms with Crippen LogP contribution in [0.15, 0.2) is 12.7 Å². The highest BCUT2D eigenvalue weighted by Gasteiger charge is 2.17. The van der Waals surface area contributed by atoms with E-state index in [0.717, 1.165) is 18.8 Å². The summed E-state index contributed by atoms with van der Waals surface area (Å²) in [5.41, 5.74) is 0.426. The molecule has 0 saturated carbocycles. The molecule has 0 saturated heterocycles. The highest BCUT2D eigenvalue weighted by molar-refractivity contribution is 4.78. The molecular formula is C15H30O. The van der Waals surface area contributed by atoms with Crippen molar-refractivity contribution in [3.63, 3.8) is 0 Å². The Hall–Kier alpha value is -0.300. The quantitative estimate of drug-likeness (QED) is 0.572. The van der Waals surface area contributed by atoms with E-state index < -0.39 is 0 Å². The first-order valence-corrected chi connectivity index (χ1v) is 6.68. The lowest BCUT2D eigenvalue weighted by molar-refractivity contribution is 0.194. The molecule has 1 nitrogen and oxygen atoms in total. The van der Waals surface area contributed by atoms with Gasteiger partial charge >= 0.3 is 0 Å². The average molecular weight is 226 g/mol. The van der Waals surface area contributed by atoms with E-state index >= 15 is 0 Å². The average Bonchev–Trinajstić information content (AvgIpc) is 2.16. The molecule has 0 aliphatic heterocycles. The van der Waals surface area contributed by atoms with Gasteiger partial charge in [-0.1, -0.05) is 53.0 Å². The van der Waals surface area contributed by atoms with E-state index in [1.165, 1.54) is 25.7 Å². The van der Waals surface area contributed by atoms with Crippen LogP contribution in [-0.2, 0) is 0 Å². The second kappa shape index (κ2) is 7.89. The molecule has 1 atom stereocenters. The first-order valence-electron chi connectivity index (χ1n) is 6.68. The van der Waals surface area contributed by atoms with Gasteiger partial charge < -0.3 is 5.11 Å². The molecule has 16 heavy (non-hydrogen) atoms. The summed E-state index contributed by atoms with van der Waals surface area (Å²) in [4.78, 5) is 0. The van der Waals surface area contributed by atoms with Crippen molar-refractivity contribution in [3.8, 4) is 0 Å². The SMILES string of the molecule is C=CC(O)CCCC(C)(C)CCCC(C)C. The predicted octanol–water partition coefficient (Wildman–Crippen LogP) is 4.56. The van der Waals surface area contributed by atoms with Gasteiger partial charge in [-0.25, -0.2) is 0 Å². The molecule has 0 spiro atoms. The predicted molar refractivity (Wildman–Crippen MR) is 72.5 cm³/mol. The number of hydrogen-bond donors (Lipinski definition) is 1. The molecule has 0 bridgehead atoms. The topological polar surface area (TPSA) is 20.2 Å². The molecule has 0 aromatic carbocycles. The van der Waals surface area contributed by atoms with E-state index in [1.807, 2.05) is 0 Å². The summed E-state index contributed by atoms with van der Waals surface area (Å²) >= 11 is 0. The van der Waals surface area contributed by atoms with Crippen LogP contribution in [-0.4, -0.2) is 11.2 Å². The lowest BCUT2D eigenvalue weighted by Crippen LogP contribution is -2.13. The van der Waals surface area contributed by atoms with Gasteiger partial charge in [0.25, 0.3) is 0 Å². The lowest BCUT2D eigenvalue weighted by atomic mass is 9.81. The molecule has 1 unspecified atom stereocenters. The van der Waals surface area contributed by atoms with Gasteiger partial charge in [0.2, 0.25) is 0 Å². The molecule has 0 aromatic rings. The van der Waals surface area contributed by atoms with Crippen LogP contribution in [0.3, 0.4) is 0 Å². The van der Waals surface area contributed by atoms with Crippen molar-refractivity contribution < 1.29 is 5.11 Å². The van der Waals surface area contributed by atoms with Gasteiger partial charge in [-0.15, -0.1) is 6.58 Å². The third-order valence-electron chi connectivity index (χ3n) is 3.26. The maximum Gasteiger partial charge on any atom is 0.0718 e. The Labute approximate surface area is 102 Å². The molecule has 1 N–H and O–H groups in total. The highest BCUT2D eigenvalue weighted by Crippen LogP contribution is 2.30. The first-order chi connectivity index (χ1) is 7.37. The Bertz CT molecular complexity index is 182. The van der Waals surface area contributed by atoms with E-state index in [2.05, 4.69) is 34.3 Å². The van der Waals surface area contributed by atoms with Crippen molar-refractivity contribution in [2.45, 2.75) is 72.3 Å². The minimum atomic E-state index is -0.313. The summed E-state index contributed by atoms with van der Waals surface area (Å²) in [6, 6.07) is 0. The minimum absolute atomic E-state index is 0.313. The number of hydrogen-bond acceptors (Lipinski definition) is 1. The number of aliphatic hydroxyl groups is 1. The zero-order valence-electron chi connectivity index (χ0n) is 11.6. The Morgan fingerprint density at radius 2 is 1.62 bits per heavy atom. The molecule has 0 aliphatic rings. The maximum absolute atomic E-state index is 9.39. The Morgan fingerprint density at radius 3 is 2.06 bits per heavy atom. The van der Waals surface area contributed by atoms with Crippen LogP contribution in [0.4, 0.5) is 0 Å². The molecule has 1 heteroatoms. The normalized spacial score (nSPS) is 14.1. The first kappa shape index (κ1) is 15.7. The van der Waals surface area contributed by atoms with Crippen molar-refractivity contribution in [2.75, 3.05) is 0 Å². The smallest absolute Gasteiger partial charge is 0.0718 e. The summed E-state index contributed by atoms with van der Waals surface area (Å²) in [5, 5.41) is 9.39. The second-order valence-corrected chi connectivity index (χ2v) is 6.15. The summed E-state index contributed by atoms with van der Waals surface area (Å²) in [7, 11) is 0. The van der Waals surface area contributed by atoms with Gasteiger partial charge in [0, 0.05) is 0 Å². The summed E-state index contributed by atoms with van der Waals surface area (Å²) in [6.07, 6.45) is 8.44. The molecule has 96 valence electrons. The van der Waals surface area contributed by atoms with Gasteiger partial charge in [0.05, 0.1) is 6.10 Å². The van der Waals surface area contributed by atoms with Crippen LogP contribution in [0.1, 0.15) is 66.2 Å². The third kappa shape index (κ3) is 8.96. The zero-order chi connectivity index (χ0) is 12.6. The monoisotopic (exact) mass is 226 g/mol. The Morgan fingerprint density at radius 1 is 1.12 bits per heavy atom. The standard InChI is InChI=1S/C15H30O/c1-6-14(16)10-8-12-15(4,5)11-7-9-13(2)3/h6,13-14,16H,1,7-12H2,2-5H3. The molecule has 0 amide bonds. The van der Waals surface area contributed by atoms with Crippen LogP contribution < -0.4 is 0 Å². The van der Waals surface area contributed by atoms with Crippen molar-refractivity contribution in [2.24, 2.45) is 11.3 Å². The van der Waals surface area contributed by atoms with Crippen molar-refractivity contribution in [3.05, 3.63) is 12.7 Å². The summed E-state index contributed by atoms with van der Waals surface area (Å²) in [5.74, 6) is 0.818. The fourth-order valence-corrected chi connectivity index (χ4v) is 2.02. The van der Waals surface area contributed by atoms with Crippen LogP contribution in [0.2, 0.25) is 0 Å². The van der Waals surface area contributed by atoms with Crippen LogP contribution in [0.5, 0.6) is 0 Å². The van der Waals surface area contributed by atoms with Crippen molar-refractivity contribution >= 4 is 0 Å². The molecule has 0 fully saturated rings. The van der Waals surface area contributed by atoms with Crippen molar-refractivity contribution in [1.29, 1.82) is 0 Å². The molecule has 0 radical (unpaired) electrons. The van der Waals surface area contributed by atoms with Gasteiger partial charge in [-0.3, -0.25) is 0 Å². The fraction of sp³-hybridized carbons (Fsp3) is 0.867. The van der Waals surface area contributed by atoms with Gasteiger partial charge in [-0.05, 0) is 30.6 Å². The minimum Gasteiger partial charge on any atom is -0.389 e. The maximum atomic E-state index is 9.39. The molecule has 0 aromatic heterocycles. The van der Waals surface area contributed by atoms with Crippen molar-refractivity contribution in [1.82, 2.24) is 0 Å². The lowest BCUT2D eigenvalue weighted by Gasteiger charge is -2.25. The molecule has 0 heterocycles.